The largest absolute Gasteiger partial charge is 0.497 e. The van der Waals surface area contributed by atoms with Crippen LogP contribution in [0.5, 0.6) is 5.75 Å². The van der Waals surface area contributed by atoms with Gasteiger partial charge in [-0.2, -0.15) is 0 Å². The summed E-state index contributed by atoms with van der Waals surface area (Å²) >= 11 is 6.17. The van der Waals surface area contributed by atoms with Crippen LogP contribution < -0.4 is 10.1 Å². The van der Waals surface area contributed by atoms with Crippen molar-refractivity contribution in [2.24, 2.45) is 0 Å². The van der Waals surface area contributed by atoms with Gasteiger partial charge in [-0.1, -0.05) is 11.6 Å². The van der Waals surface area contributed by atoms with Gasteiger partial charge in [-0.3, -0.25) is 4.79 Å². The number of methoxy groups -OCH3 is 1. The Hall–Kier alpha value is -1.26. The van der Waals surface area contributed by atoms with Crippen molar-refractivity contribution in [1.82, 2.24) is 10.2 Å². The molecule has 0 aliphatic carbocycles. The highest BCUT2D eigenvalue weighted by Gasteiger charge is 2.39. The number of ether oxygens (including phenoxy) is 1. The summed E-state index contributed by atoms with van der Waals surface area (Å²) in [6.45, 7) is 2.35. The van der Waals surface area contributed by atoms with Crippen LogP contribution in [0, 0.1) is 0 Å². The van der Waals surface area contributed by atoms with E-state index in [-0.39, 0.29) is 11.9 Å². The lowest BCUT2D eigenvalue weighted by molar-refractivity contribution is 0.0691. The Bertz CT molecular complexity index is 490. The van der Waals surface area contributed by atoms with E-state index in [4.69, 9.17) is 16.3 Å². The third-order valence-electron chi connectivity index (χ3n) is 3.41. The standard InChI is InChI=1S/C12H13ClN2O2/c1-17-7-4-8-10-6-14-2-3-15(10)12(16)11(8)9(13)5-7/h4-5,10,14H,2-3,6H2,1H3/t10-/m0/s1. The van der Waals surface area contributed by atoms with E-state index in [1.807, 2.05) is 11.0 Å². The molecule has 1 aromatic rings. The second kappa shape index (κ2) is 3.89. The summed E-state index contributed by atoms with van der Waals surface area (Å²) < 4.78 is 5.20. The molecular formula is C12H13ClN2O2. The molecule has 2 aliphatic heterocycles. The van der Waals surface area contributed by atoms with Gasteiger partial charge in [0, 0.05) is 19.6 Å². The number of nitrogens with zero attached hydrogens (tertiary/aromatic N) is 1. The molecule has 4 nitrogen and oxygen atoms in total. The third kappa shape index (κ3) is 1.51. The summed E-state index contributed by atoms with van der Waals surface area (Å²) in [6.07, 6.45) is 0. The average molecular weight is 253 g/mol. The predicted octanol–water partition coefficient (Wildman–Crippen LogP) is 1.45. The van der Waals surface area contributed by atoms with Crippen LogP contribution in [0.1, 0.15) is 22.0 Å². The van der Waals surface area contributed by atoms with Crippen LogP contribution in [-0.4, -0.2) is 37.6 Å². The maximum Gasteiger partial charge on any atom is 0.256 e. The number of benzene rings is 1. The number of hydrogen-bond donors (Lipinski definition) is 1. The number of halogens is 1. The Morgan fingerprint density at radius 2 is 2.35 bits per heavy atom. The van der Waals surface area contributed by atoms with Crippen molar-refractivity contribution in [1.29, 1.82) is 0 Å². The summed E-state index contributed by atoms with van der Waals surface area (Å²) in [7, 11) is 1.60. The number of carbonyl (C=O) groups is 1. The van der Waals surface area contributed by atoms with Gasteiger partial charge in [0.05, 0.1) is 23.7 Å². The second-order valence-electron chi connectivity index (χ2n) is 4.29. The molecule has 17 heavy (non-hydrogen) atoms. The molecular weight excluding hydrogens is 240 g/mol. The number of rotatable bonds is 1. The molecule has 3 rings (SSSR count). The molecule has 90 valence electrons. The van der Waals surface area contributed by atoms with Crippen LogP contribution in [0.4, 0.5) is 0 Å². The van der Waals surface area contributed by atoms with Crippen LogP contribution in [-0.2, 0) is 0 Å². The first kappa shape index (κ1) is 10.9. The summed E-state index contributed by atoms with van der Waals surface area (Å²) in [4.78, 5) is 14.1. The van der Waals surface area contributed by atoms with Gasteiger partial charge in [0.2, 0.25) is 0 Å². The van der Waals surface area contributed by atoms with E-state index in [1.54, 1.807) is 13.2 Å². The zero-order chi connectivity index (χ0) is 12.0. The SMILES string of the molecule is COc1cc(Cl)c2c(c1)[C@@H]1CNCCN1C2=O. The smallest absolute Gasteiger partial charge is 0.256 e. The van der Waals surface area contributed by atoms with E-state index in [9.17, 15) is 4.79 Å². The van der Waals surface area contributed by atoms with Crippen LogP contribution in [0.3, 0.4) is 0 Å². The van der Waals surface area contributed by atoms with Crippen molar-refractivity contribution in [2.75, 3.05) is 26.7 Å². The number of hydrogen-bond acceptors (Lipinski definition) is 3. The second-order valence-corrected chi connectivity index (χ2v) is 4.70. The Kier molecular flexibility index (Phi) is 2.49. The molecule has 1 N–H and O–H groups in total. The highest BCUT2D eigenvalue weighted by atomic mass is 35.5. The first-order valence-electron chi connectivity index (χ1n) is 5.61. The van der Waals surface area contributed by atoms with Gasteiger partial charge in [0.15, 0.2) is 0 Å². The minimum absolute atomic E-state index is 0.0409. The fourth-order valence-corrected chi connectivity index (χ4v) is 2.87. The van der Waals surface area contributed by atoms with Gasteiger partial charge in [-0.15, -0.1) is 0 Å². The molecule has 0 spiro atoms. The monoisotopic (exact) mass is 252 g/mol. The molecule has 5 heteroatoms. The van der Waals surface area contributed by atoms with Gasteiger partial charge in [-0.05, 0) is 17.7 Å². The topological polar surface area (TPSA) is 41.6 Å². The summed E-state index contributed by atoms with van der Waals surface area (Å²) in [5.41, 5.74) is 1.62. The van der Waals surface area contributed by atoms with Crippen molar-refractivity contribution in [3.05, 3.63) is 28.3 Å². The van der Waals surface area contributed by atoms with E-state index in [0.29, 0.717) is 16.3 Å². The Morgan fingerprint density at radius 3 is 3.12 bits per heavy atom. The van der Waals surface area contributed by atoms with Gasteiger partial charge in [0.25, 0.3) is 5.91 Å². The van der Waals surface area contributed by atoms with E-state index < -0.39 is 0 Å². The number of fused-ring (bicyclic) bond motifs is 3. The van der Waals surface area contributed by atoms with Crippen molar-refractivity contribution in [3.8, 4) is 5.75 Å². The molecule has 2 aliphatic rings. The summed E-state index contributed by atoms with van der Waals surface area (Å²) in [5.74, 6) is 0.744. The van der Waals surface area contributed by atoms with Crippen molar-refractivity contribution in [2.45, 2.75) is 6.04 Å². The van der Waals surface area contributed by atoms with E-state index >= 15 is 0 Å². The molecule has 1 atom stereocenters. The van der Waals surface area contributed by atoms with E-state index in [2.05, 4.69) is 5.32 Å². The van der Waals surface area contributed by atoms with Crippen LogP contribution in [0.25, 0.3) is 0 Å². The lowest BCUT2D eigenvalue weighted by Crippen LogP contribution is -2.44. The number of carbonyl (C=O) groups excluding carboxylic acids is 1. The normalized spacial score (nSPS) is 22.4. The van der Waals surface area contributed by atoms with Crippen LogP contribution in [0.15, 0.2) is 12.1 Å². The molecule has 1 fully saturated rings. The number of piperazine rings is 1. The first-order valence-corrected chi connectivity index (χ1v) is 5.99. The number of nitrogens with one attached hydrogen (secondary N) is 1. The highest BCUT2D eigenvalue weighted by molar-refractivity contribution is 6.34. The molecule has 1 amide bonds. The Labute approximate surface area is 104 Å². The third-order valence-corrected chi connectivity index (χ3v) is 3.71. The van der Waals surface area contributed by atoms with Crippen molar-refractivity contribution < 1.29 is 9.53 Å². The molecule has 1 saturated heterocycles. The molecule has 2 heterocycles. The maximum absolute atomic E-state index is 12.2. The summed E-state index contributed by atoms with van der Waals surface area (Å²) in [5, 5.41) is 3.78. The fraction of sp³-hybridized carbons (Fsp3) is 0.417. The van der Waals surface area contributed by atoms with Gasteiger partial charge >= 0.3 is 0 Å². The lowest BCUT2D eigenvalue weighted by atomic mass is 10.0. The molecule has 0 radical (unpaired) electrons. The maximum atomic E-state index is 12.2. The quantitative estimate of drug-likeness (QED) is 0.823. The first-order chi connectivity index (χ1) is 8.22. The van der Waals surface area contributed by atoms with Gasteiger partial charge < -0.3 is 15.0 Å². The Morgan fingerprint density at radius 1 is 1.53 bits per heavy atom. The van der Waals surface area contributed by atoms with Crippen LogP contribution in [0.2, 0.25) is 5.02 Å². The molecule has 0 saturated carbocycles. The minimum atomic E-state index is 0.0409. The van der Waals surface area contributed by atoms with Gasteiger partial charge in [-0.25, -0.2) is 0 Å². The lowest BCUT2D eigenvalue weighted by Gasteiger charge is -2.30. The van der Waals surface area contributed by atoms with Crippen molar-refractivity contribution >= 4 is 17.5 Å². The minimum Gasteiger partial charge on any atom is -0.497 e. The zero-order valence-electron chi connectivity index (χ0n) is 9.50. The summed E-state index contributed by atoms with van der Waals surface area (Å²) in [6, 6.07) is 3.71. The molecule has 1 aromatic carbocycles. The molecule has 0 aromatic heterocycles. The Balaban J connectivity index is 2.14. The van der Waals surface area contributed by atoms with Gasteiger partial charge in [0.1, 0.15) is 5.75 Å². The van der Waals surface area contributed by atoms with Crippen molar-refractivity contribution in [3.63, 3.8) is 0 Å². The zero-order valence-corrected chi connectivity index (χ0v) is 10.3. The average Bonchev–Trinajstić information content (AvgIpc) is 2.64. The van der Waals surface area contributed by atoms with E-state index in [1.165, 1.54) is 0 Å². The molecule has 0 bridgehead atoms. The predicted molar refractivity (Wildman–Crippen MR) is 64.7 cm³/mol. The van der Waals surface area contributed by atoms with Crippen LogP contribution >= 0.6 is 11.6 Å². The highest BCUT2D eigenvalue weighted by Crippen LogP contribution is 2.40. The van der Waals surface area contributed by atoms with E-state index in [0.717, 1.165) is 25.2 Å². The number of amides is 1. The molecule has 0 unspecified atom stereocenters. The fourth-order valence-electron chi connectivity index (χ4n) is 2.58.